The number of hydrogen-bond donors (Lipinski definition) is 0. The third-order valence-corrected chi connectivity index (χ3v) is 3.51. The Bertz CT molecular complexity index is 321. The maximum Gasteiger partial charge on any atom is 0.316 e. The molecule has 1 aliphatic heterocycles. The van der Waals surface area contributed by atoms with Crippen LogP contribution in [0.3, 0.4) is 0 Å². The molecule has 1 heterocycles. The average molecular weight is 210 g/mol. The Labute approximate surface area is 88.0 Å². The van der Waals surface area contributed by atoms with Crippen LogP contribution in [0.5, 0.6) is 0 Å². The minimum atomic E-state index is -0.429. The lowest BCUT2D eigenvalue weighted by atomic mass is 9.71. The fourth-order valence-electron chi connectivity index (χ4n) is 2.58. The fourth-order valence-corrected chi connectivity index (χ4v) is 2.58. The fraction of sp³-hybridized carbons (Fsp3) is 0.727. The van der Waals surface area contributed by atoms with E-state index in [1.54, 1.807) is 6.92 Å². The topological polar surface area (TPSA) is 60.4 Å². The summed E-state index contributed by atoms with van der Waals surface area (Å²) in [6.07, 6.45) is 2.49. The Hall–Kier alpha value is -1.19. The molecule has 0 N–H and O–H groups in total. The Morgan fingerprint density at radius 3 is 2.73 bits per heavy atom. The molecular weight excluding hydrogens is 196 g/mol. The summed E-state index contributed by atoms with van der Waals surface area (Å²) in [6.45, 7) is 1.56. The number of cyclic esters (lactones) is 2. The molecule has 0 amide bonds. The van der Waals surface area contributed by atoms with Crippen molar-refractivity contribution in [3.63, 3.8) is 0 Å². The van der Waals surface area contributed by atoms with Crippen molar-refractivity contribution in [2.45, 2.75) is 32.6 Å². The lowest BCUT2D eigenvalue weighted by molar-refractivity contribution is -0.172. The monoisotopic (exact) mass is 210 g/mol. The maximum absolute atomic E-state index is 11.5. The van der Waals surface area contributed by atoms with E-state index in [1.807, 2.05) is 0 Å². The van der Waals surface area contributed by atoms with Crippen molar-refractivity contribution in [3.05, 3.63) is 0 Å². The number of esters is 2. The van der Waals surface area contributed by atoms with Gasteiger partial charge in [-0.2, -0.15) is 0 Å². The third kappa shape index (κ3) is 1.94. The molecule has 0 aromatic rings. The van der Waals surface area contributed by atoms with Gasteiger partial charge in [-0.1, -0.05) is 0 Å². The van der Waals surface area contributed by atoms with Gasteiger partial charge in [-0.15, -0.1) is 0 Å². The van der Waals surface area contributed by atoms with E-state index in [0.29, 0.717) is 12.8 Å². The molecule has 2 rings (SSSR count). The summed E-state index contributed by atoms with van der Waals surface area (Å²) in [5, 5.41) is 0. The van der Waals surface area contributed by atoms with Gasteiger partial charge in [0.2, 0.25) is 0 Å². The first kappa shape index (κ1) is 10.3. The first-order valence-electron chi connectivity index (χ1n) is 5.33. The summed E-state index contributed by atoms with van der Waals surface area (Å²) in [4.78, 5) is 33.7. The molecule has 1 saturated carbocycles. The van der Waals surface area contributed by atoms with Gasteiger partial charge in [0, 0.05) is 12.3 Å². The van der Waals surface area contributed by atoms with Gasteiger partial charge in [0.1, 0.15) is 5.78 Å². The quantitative estimate of drug-likeness (QED) is 0.480. The summed E-state index contributed by atoms with van der Waals surface area (Å²) >= 11 is 0. The molecular formula is C11H14O4. The Morgan fingerprint density at radius 1 is 1.33 bits per heavy atom. The molecule has 3 unspecified atom stereocenters. The molecule has 1 aliphatic carbocycles. The van der Waals surface area contributed by atoms with Crippen LogP contribution in [0, 0.1) is 17.8 Å². The molecule has 3 atom stereocenters. The first-order valence-corrected chi connectivity index (χ1v) is 5.33. The van der Waals surface area contributed by atoms with Gasteiger partial charge in [-0.25, -0.2) is 0 Å². The van der Waals surface area contributed by atoms with Gasteiger partial charge >= 0.3 is 11.9 Å². The average Bonchev–Trinajstić information content (AvgIpc) is 2.16. The first-order chi connectivity index (χ1) is 7.08. The largest absolute Gasteiger partial charge is 0.393 e. The normalized spacial score (nSPS) is 35.7. The van der Waals surface area contributed by atoms with Crippen molar-refractivity contribution < 1.29 is 19.1 Å². The predicted octanol–water partition coefficient (Wildman–Crippen LogP) is 1.08. The summed E-state index contributed by atoms with van der Waals surface area (Å²) in [6, 6.07) is 0. The molecule has 0 aromatic heterocycles. The van der Waals surface area contributed by atoms with Crippen LogP contribution < -0.4 is 0 Å². The third-order valence-electron chi connectivity index (χ3n) is 3.51. The Morgan fingerprint density at radius 2 is 2.07 bits per heavy atom. The molecule has 0 spiro atoms. The van der Waals surface area contributed by atoms with Gasteiger partial charge in [0.15, 0.2) is 0 Å². The number of rotatable bonds is 1. The lowest BCUT2D eigenvalue weighted by Gasteiger charge is -2.35. The van der Waals surface area contributed by atoms with Crippen molar-refractivity contribution in [1.82, 2.24) is 0 Å². The lowest BCUT2D eigenvalue weighted by Crippen LogP contribution is -2.40. The molecule has 2 aliphatic rings. The highest BCUT2D eigenvalue weighted by Crippen LogP contribution is 2.39. The number of fused-ring (bicyclic) bond motifs is 1. The summed E-state index contributed by atoms with van der Waals surface area (Å²) in [5.74, 6) is -0.852. The standard InChI is InChI=1S/C11H14O4/c1-6(12)7-2-3-8-5-10(13)15-11(14)9(8)4-7/h7-9H,2-5H2,1H3. The highest BCUT2D eigenvalue weighted by atomic mass is 16.6. The van der Waals surface area contributed by atoms with Crippen molar-refractivity contribution in [1.29, 1.82) is 0 Å². The zero-order valence-corrected chi connectivity index (χ0v) is 8.69. The zero-order chi connectivity index (χ0) is 11.0. The highest BCUT2D eigenvalue weighted by molar-refractivity contribution is 5.90. The number of hydrogen-bond acceptors (Lipinski definition) is 4. The van der Waals surface area contributed by atoms with Gasteiger partial charge in [-0.3, -0.25) is 14.4 Å². The molecule has 82 valence electrons. The van der Waals surface area contributed by atoms with Crippen molar-refractivity contribution in [2.75, 3.05) is 0 Å². The van der Waals surface area contributed by atoms with E-state index < -0.39 is 11.9 Å². The molecule has 1 saturated heterocycles. The second-order valence-corrected chi connectivity index (χ2v) is 4.48. The van der Waals surface area contributed by atoms with Crippen LogP contribution in [-0.4, -0.2) is 17.7 Å². The summed E-state index contributed by atoms with van der Waals surface area (Å²) in [5.41, 5.74) is 0. The number of carbonyl (C=O) groups is 3. The number of Topliss-reactive ketones (excluding diaryl/α,β-unsaturated/α-hetero) is 1. The Balaban J connectivity index is 2.09. The molecule has 15 heavy (non-hydrogen) atoms. The predicted molar refractivity (Wildman–Crippen MR) is 50.7 cm³/mol. The van der Waals surface area contributed by atoms with Crippen LogP contribution in [0.2, 0.25) is 0 Å². The van der Waals surface area contributed by atoms with Crippen molar-refractivity contribution >= 4 is 17.7 Å². The van der Waals surface area contributed by atoms with Crippen LogP contribution >= 0.6 is 0 Å². The van der Waals surface area contributed by atoms with E-state index in [1.165, 1.54) is 0 Å². The highest BCUT2D eigenvalue weighted by Gasteiger charge is 2.42. The molecule has 0 radical (unpaired) electrons. The van der Waals surface area contributed by atoms with E-state index in [-0.39, 0.29) is 23.5 Å². The number of carbonyl (C=O) groups excluding carboxylic acids is 3. The van der Waals surface area contributed by atoms with Crippen LogP contribution in [0.15, 0.2) is 0 Å². The van der Waals surface area contributed by atoms with E-state index in [9.17, 15) is 14.4 Å². The van der Waals surface area contributed by atoms with Crippen LogP contribution in [0.4, 0.5) is 0 Å². The van der Waals surface area contributed by atoms with Gasteiger partial charge in [-0.05, 0) is 32.1 Å². The van der Waals surface area contributed by atoms with Crippen LogP contribution in [-0.2, 0) is 19.1 Å². The summed E-state index contributed by atoms with van der Waals surface area (Å²) < 4.78 is 4.59. The number of ether oxygens (including phenoxy) is 1. The van der Waals surface area contributed by atoms with E-state index in [0.717, 1.165) is 12.8 Å². The van der Waals surface area contributed by atoms with Gasteiger partial charge in [0.25, 0.3) is 0 Å². The van der Waals surface area contributed by atoms with Gasteiger partial charge in [0.05, 0.1) is 5.92 Å². The Kier molecular flexibility index (Phi) is 2.59. The van der Waals surface area contributed by atoms with Crippen LogP contribution in [0.1, 0.15) is 32.6 Å². The van der Waals surface area contributed by atoms with Crippen LogP contribution in [0.25, 0.3) is 0 Å². The van der Waals surface area contributed by atoms with E-state index in [2.05, 4.69) is 4.74 Å². The minimum Gasteiger partial charge on any atom is -0.393 e. The van der Waals surface area contributed by atoms with E-state index >= 15 is 0 Å². The SMILES string of the molecule is CC(=O)C1CCC2CC(=O)OC(=O)C2C1. The second-order valence-electron chi connectivity index (χ2n) is 4.48. The second kappa shape index (κ2) is 3.76. The molecule has 4 nitrogen and oxygen atoms in total. The van der Waals surface area contributed by atoms with Gasteiger partial charge < -0.3 is 4.74 Å². The zero-order valence-electron chi connectivity index (χ0n) is 8.69. The molecule has 0 bridgehead atoms. The van der Waals surface area contributed by atoms with Crippen molar-refractivity contribution in [3.8, 4) is 0 Å². The van der Waals surface area contributed by atoms with E-state index in [4.69, 9.17) is 0 Å². The van der Waals surface area contributed by atoms with Crippen molar-refractivity contribution in [2.24, 2.45) is 17.8 Å². The molecule has 4 heteroatoms. The molecule has 2 fully saturated rings. The maximum atomic E-state index is 11.5. The smallest absolute Gasteiger partial charge is 0.316 e. The summed E-state index contributed by atoms with van der Waals surface area (Å²) in [7, 11) is 0. The molecule has 0 aromatic carbocycles. The number of ketones is 1. The minimum absolute atomic E-state index is 0.0213.